The average Bonchev–Trinajstić information content (AvgIpc) is 2.38. The first-order valence-corrected chi connectivity index (χ1v) is 7.42. The molecule has 21 heavy (non-hydrogen) atoms. The predicted octanol–water partition coefficient (Wildman–Crippen LogP) is -0.318. The molecule has 1 aromatic heterocycles. The van der Waals surface area contributed by atoms with Crippen LogP contribution >= 0.6 is 0 Å². The molecule has 0 atom stereocenters. The molecule has 0 saturated heterocycles. The minimum atomic E-state index is -3.85. The number of sulfonamides is 1. The number of rotatable bonds is 6. The van der Waals surface area contributed by atoms with Gasteiger partial charge in [0, 0.05) is 19.4 Å². The van der Waals surface area contributed by atoms with Crippen molar-refractivity contribution in [2.24, 2.45) is 0 Å². The first kappa shape index (κ1) is 17.1. The number of nitrogens with one attached hydrogen (secondary N) is 1. The maximum atomic E-state index is 12.2. The lowest BCUT2D eigenvalue weighted by atomic mass is 10.1. The molecule has 0 bridgehead atoms. The van der Waals surface area contributed by atoms with Crippen molar-refractivity contribution in [2.45, 2.75) is 24.3 Å². The zero-order valence-corrected chi connectivity index (χ0v) is 12.7. The Morgan fingerprint density at radius 1 is 1.43 bits per heavy atom. The molecule has 0 aliphatic carbocycles. The summed E-state index contributed by atoms with van der Waals surface area (Å²) in [5.41, 5.74) is -1.48. The molecule has 0 aliphatic heterocycles. The second kappa shape index (κ2) is 6.19. The summed E-state index contributed by atoms with van der Waals surface area (Å²) in [5, 5.41) is 11.2. The molecule has 1 aromatic rings. The molecular weight excluding hydrogens is 298 g/mol. The Bertz CT molecular complexity index is 628. The Morgan fingerprint density at radius 2 is 2.05 bits per heavy atom. The second-order valence-corrected chi connectivity index (χ2v) is 6.97. The summed E-state index contributed by atoms with van der Waals surface area (Å²) >= 11 is 0. The molecule has 116 valence electrons. The fraction of sp³-hybridized carbons (Fsp3) is 0.417. The van der Waals surface area contributed by atoms with Crippen LogP contribution < -0.4 is 5.32 Å². The van der Waals surface area contributed by atoms with Crippen molar-refractivity contribution < 1.29 is 23.1 Å². The van der Waals surface area contributed by atoms with Crippen LogP contribution in [0.2, 0.25) is 0 Å². The summed E-state index contributed by atoms with van der Waals surface area (Å²) in [5.74, 6) is -1.93. The fourth-order valence-corrected chi connectivity index (χ4v) is 2.50. The lowest BCUT2D eigenvalue weighted by Gasteiger charge is -2.23. The summed E-state index contributed by atoms with van der Waals surface area (Å²) in [4.78, 5) is 26.3. The van der Waals surface area contributed by atoms with Gasteiger partial charge in [0.2, 0.25) is 15.9 Å². The smallest absolute Gasteiger partial charge is 0.328 e. The number of hydrogen-bond acceptors (Lipinski definition) is 5. The quantitative estimate of drug-likeness (QED) is 0.743. The Balaban J connectivity index is 2.80. The molecule has 0 aromatic carbocycles. The van der Waals surface area contributed by atoms with E-state index in [1.54, 1.807) is 0 Å². The number of hydrogen-bond donors (Lipinski definition) is 2. The molecular formula is C12H17N3O5S. The topological polar surface area (TPSA) is 117 Å². The van der Waals surface area contributed by atoms with E-state index in [0.717, 1.165) is 4.31 Å². The maximum Gasteiger partial charge on any atom is 0.328 e. The predicted molar refractivity (Wildman–Crippen MR) is 73.9 cm³/mol. The van der Waals surface area contributed by atoms with Crippen molar-refractivity contribution in [3.05, 3.63) is 24.5 Å². The number of carboxylic acids is 1. The summed E-state index contributed by atoms with van der Waals surface area (Å²) in [6, 6.07) is 2.83. The molecule has 0 radical (unpaired) electrons. The van der Waals surface area contributed by atoms with E-state index >= 15 is 0 Å². The number of amides is 1. The largest absolute Gasteiger partial charge is 0.480 e. The lowest BCUT2D eigenvalue weighted by molar-refractivity contribution is -0.146. The van der Waals surface area contributed by atoms with Crippen LogP contribution in [0.25, 0.3) is 0 Å². The molecule has 0 aliphatic rings. The van der Waals surface area contributed by atoms with Crippen molar-refractivity contribution in [2.75, 3.05) is 13.6 Å². The van der Waals surface area contributed by atoms with Gasteiger partial charge in [-0.25, -0.2) is 13.2 Å². The van der Waals surface area contributed by atoms with E-state index in [-0.39, 0.29) is 4.90 Å². The van der Waals surface area contributed by atoms with Gasteiger partial charge in [-0.15, -0.1) is 0 Å². The highest BCUT2D eigenvalue weighted by atomic mass is 32.2. The van der Waals surface area contributed by atoms with Gasteiger partial charge in [-0.3, -0.25) is 9.78 Å². The molecule has 0 spiro atoms. The van der Waals surface area contributed by atoms with Crippen LogP contribution in [0.1, 0.15) is 13.8 Å². The van der Waals surface area contributed by atoms with Crippen molar-refractivity contribution in [1.29, 1.82) is 0 Å². The number of aliphatic carboxylic acids is 1. The third-order valence-electron chi connectivity index (χ3n) is 2.70. The number of carbonyl (C=O) groups is 2. The van der Waals surface area contributed by atoms with Crippen LogP contribution in [0.5, 0.6) is 0 Å². The normalized spacial score (nSPS) is 12.2. The number of carboxylic acid groups (broad SMARTS) is 1. The molecule has 9 heteroatoms. The van der Waals surface area contributed by atoms with Crippen LogP contribution in [-0.2, 0) is 19.6 Å². The van der Waals surface area contributed by atoms with Crippen molar-refractivity contribution >= 4 is 21.9 Å². The number of pyridine rings is 1. The third-order valence-corrected chi connectivity index (χ3v) is 4.48. The van der Waals surface area contributed by atoms with E-state index in [1.165, 1.54) is 45.4 Å². The Hall–Kier alpha value is -2.00. The van der Waals surface area contributed by atoms with Crippen molar-refractivity contribution in [3.8, 4) is 0 Å². The first-order chi connectivity index (χ1) is 9.57. The van der Waals surface area contributed by atoms with Crippen LogP contribution in [0.15, 0.2) is 29.4 Å². The highest BCUT2D eigenvalue weighted by Gasteiger charge is 2.30. The van der Waals surface area contributed by atoms with Gasteiger partial charge in [0.1, 0.15) is 10.4 Å². The van der Waals surface area contributed by atoms with E-state index < -0.39 is 34.0 Å². The average molecular weight is 315 g/mol. The van der Waals surface area contributed by atoms with Gasteiger partial charge in [-0.1, -0.05) is 0 Å². The van der Waals surface area contributed by atoms with E-state index in [4.69, 9.17) is 5.11 Å². The molecule has 2 N–H and O–H groups in total. The molecule has 0 saturated carbocycles. The number of nitrogens with zero attached hydrogens (tertiary/aromatic N) is 2. The van der Waals surface area contributed by atoms with E-state index in [9.17, 15) is 18.0 Å². The molecule has 0 unspecified atom stereocenters. The second-order valence-electron chi connectivity index (χ2n) is 4.93. The fourth-order valence-electron chi connectivity index (χ4n) is 1.41. The van der Waals surface area contributed by atoms with E-state index in [0.29, 0.717) is 0 Å². The first-order valence-electron chi connectivity index (χ1n) is 5.98. The van der Waals surface area contributed by atoms with Crippen LogP contribution in [0, 0.1) is 0 Å². The molecule has 1 rings (SSSR count). The van der Waals surface area contributed by atoms with Crippen molar-refractivity contribution in [3.63, 3.8) is 0 Å². The monoisotopic (exact) mass is 315 g/mol. The van der Waals surface area contributed by atoms with Gasteiger partial charge in [-0.05, 0) is 26.0 Å². The maximum absolute atomic E-state index is 12.2. The van der Waals surface area contributed by atoms with Gasteiger partial charge >= 0.3 is 5.97 Å². The molecule has 0 fully saturated rings. The van der Waals surface area contributed by atoms with E-state index in [2.05, 4.69) is 10.3 Å². The van der Waals surface area contributed by atoms with Gasteiger partial charge < -0.3 is 10.4 Å². The minimum Gasteiger partial charge on any atom is -0.480 e. The lowest BCUT2D eigenvalue weighted by Crippen LogP contribution is -2.52. The SMILES string of the molecule is CN(CC(=O)NC(C)(C)C(=O)O)S(=O)(=O)c1cccnc1. The summed E-state index contributed by atoms with van der Waals surface area (Å²) in [6.07, 6.45) is 2.60. The Kier molecular flexibility index (Phi) is 5.02. The summed E-state index contributed by atoms with van der Waals surface area (Å²) in [7, 11) is -2.62. The zero-order chi connectivity index (χ0) is 16.3. The van der Waals surface area contributed by atoms with Gasteiger partial charge in [0.15, 0.2) is 0 Å². The van der Waals surface area contributed by atoms with Crippen LogP contribution in [0.3, 0.4) is 0 Å². The molecule has 1 amide bonds. The standard InChI is InChI=1S/C12H17N3O5S/c1-12(2,11(17)18)14-10(16)8-15(3)21(19,20)9-5-4-6-13-7-9/h4-7H,8H2,1-3H3,(H,14,16)(H,17,18). The Morgan fingerprint density at radius 3 is 2.52 bits per heavy atom. The van der Waals surface area contributed by atoms with Gasteiger partial charge in [-0.2, -0.15) is 4.31 Å². The van der Waals surface area contributed by atoms with E-state index in [1.807, 2.05) is 0 Å². The van der Waals surface area contributed by atoms with Crippen LogP contribution in [-0.4, -0.2) is 53.8 Å². The molecule has 1 heterocycles. The number of likely N-dealkylation sites (N-methyl/N-ethyl adjacent to an activating group) is 1. The number of carbonyl (C=O) groups excluding carboxylic acids is 1. The van der Waals surface area contributed by atoms with Crippen LogP contribution in [0.4, 0.5) is 0 Å². The summed E-state index contributed by atoms with van der Waals surface area (Å²) < 4.78 is 25.1. The minimum absolute atomic E-state index is 0.0437. The highest BCUT2D eigenvalue weighted by molar-refractivity contribution is 7.89. The van der Waals surface area contributed by atoms with Gasteiger partial charge in [0.05, 0.1) is 6.54 Å². The van der Waals surface area contributed by atoms with Crippen molar-refractivity contribution in [1.82, 2.24) is 14.6 Å². The number of aromatic nitrogens is 1. The zero-order valence-electron chi connectivity index (χ0n) is 11.9. The third kappa shape index (κ3) is 4.23. The molecule has 8 nitrogen and oxygen atoms in total. The summed E-state index contributed by atoms with van der Waals surface area (Å²) in [6.45, 7) is 2.12. The Labute approximate surface area is 122 Å². The van der Waals surface area contributed by atoms with Gasteiger partial charge in [0.25, 0.3) is 0 Å². The highest BCUT2D eigenvalue weighted by Crippen LogP contribution is 2.12.